The van der Waals surface area contributed by atoms with Crippen molar-refractivity contribution in [3.8, 4) is 29.4 Å². The SMILES string of the molecule is Cc1c(-c2cc(O[C@H](C)c3c(F)cccc3F)n3c(C#N)cnc3c2)nnn1C1CCN(C#N)CC1. The summed E-state index contributed by atoms with van der Waals surface area (Å²) in [6, 6.07) is 9.26. The van der Waals surface area contributed by atoms with E-state index in [1.165, 1.54) is 35.7 Å². The second-order valence-electron chi connectivity index (χ2n) is 8.71. The van der Waals surface area contributed by atoms with Gasteiger partial charge in [-0.3, -0.25) is 4.40 Å². The van der Waals surface area contributed by atoms with E-state index in [9.17, 15) is 14.0 Å². The van der Waals surface area contributed by atoms with Gasteiger partial charge in [-0.1, -0.05) is 11.3 Å². The van der Waals surface area contributed by atoms with Crippen LogP contribution in [0, 0.1) is 41.3 Å². The summed E-state index contributed by atoms with van der Waals surface area (Å²) in [6.07, 6.45) is 4.16. The van der Waals surface area contributed by atoms with Gasteiger partial charge in [0.15, 0.2) is 6.19 Å². The minimum Gasteiger partial charge on any atom is -0.470 e. The second-order valence-corrected chi connectivity index (χ2v) is 8.71. The number of imidazole rings is 1. The Labute approximate surface area is 205 Å². The number of piperidine rings is 1. The highest BCUT2D eigenvalue weighted by molar-refractivity contribution is 5.68. The molecular formula is C25H22F2N8O. The van der Waals surface area contributed by atoms with Crippen molar-refractivity contribution in [2.75, 3.05) is 13.1 Å². The van der Waals surface area contributed by atoms with Crippen molar-refractivity contribution in [2.45, 2.75) is 38.8 Å². The first-order valence-corrected chi connectivity index (χ1v) is 11.5. The van der Waals surface area contributed by atoms with Crippen LogP contribution in [0.25, 0.3) is 16.9 Å². The van der Waals surface area contributed by atoms with E-state index in [2.05, 4.69) is 27.6 Å². The molecule has 0 spiro atoms. The van der Waals surface area contributed by atoms with Crippen LogP contribution in [0.2, 0.25) is 0 Å². The minimum atomic E-state index is -0.985. The van der Waals surface area contributed by atoms with E-state index in [1.54, 1.807) is 17.0 Å². The van der Waals surface area contributed by atoms with E-state index in [4.69, 9.17) is 10.00 Å². The second kappa shape index (κ2) is 9.27. The van der Waals surface area contributed by atoms with Gasteiger partial charge in [-0.05, 0) is 44.9 Å². The molecule has 1 saturated heterocycles. The number of aromatic nitrogens is 5. The first-order chi connectivity index (χ1) is 17.4. The Balaban J connectivity index is 1.54. The van der Waals surface area contributed by atoms with Gasteiger partial charge in [-0.25, -0.2) is 18.4 Å². The van der Waals surface area contributed by atoms with Crippen molar-refractivity contribution >= 4 is 5.65 Å². The predicted octanol–water partition coefficient (Wildman–Crippen LogP) is 4.31. The average Bonchev–Trinajstić information content (AvgIpc) is 3.47. The smallest absolute Gasteiger partial charge is 0.201 e. The summed E-state index contributed by atoms with van der Waals surface area (Å²) in [5.41, 5.74) is 2.53. The number of hydrogen-bond donors (Lipinski definition) is 0. The zero-order valence-corrected chi connectivity index (χ0v) is 19.7. The molecule has 1 fully saturated rings. The third kappa shape index (κ3) is 3.99. The molecule has 0 amide bonds. The molecule has 0 radical (unpaired) electrons. The molecule has 36 heavy (non-hydrogen) atoms. The Morgan fingerprint density at radius 1 is 1.14 bits per heavy atom. The summed E-state index contributed by atoms with van der Waals surface area (Å²) in [6.45, 7) is 4.78. The normalized spacial score (nSPS) is 15.0. The molecule has 0 unspecified atom stereocenters. The standard InChI is InChI=1S/C25H22F2N8O/c1-15-25(31-32-35(15)18-6-8-33(14-29)9-7-18)17-10-22-30-13-19(12-28)34(22)23(11-17)36-16(2)24-20(26)4-3-5-21(24)27/h3-5,10-11,13,16,18H,6-9H2,1-2H3/t16-/m1/s1. The summed E-state index contributed by atoms with van der Waals surface area (Å²) in [5.74, 6) is -1.24. The molecule has 182 valence electrons. The third-order valence-corrected chi connectivity index (χ3v) is 6.54. The van der Waals surface area contributed by atoms with Crippen LogP contribution in [0.3, 0.4) is 0 Å². The lowest BCUT2D eigenvalue weighted by molar-refractivity contribution is 0.204. The van der Waals surface area contributed by atoms with E-state index < -0.39 is 17.7 Å². The predicted molar refractivity (Wildman–Crippen MR) is 125 cm³/mol. The first-order valence-electron chi connectivity index (χ1n) is 11.5. The molecule has 1 aliphatic rings. The molecule has 4 aromatic rings. The van der Waals surface area contributed by atoms with Gasteiger partial charge in [0.2, 0.25) is 5.88 Å². The number of halogens is 2. The Morgan fingerprint density at radius 2 is 1.86 bits per heavy atom. The fourth-order valence-electron chi connectivity index (χ4n) is 4.68. The van der Waals surface area contributed by atoms with Crippen LogP contribution in [0.1, 0.15) is 48.9 Å². The quantitative estimate of drug-likeness (QED) is 0.385. The molecule has 0 N–H and O–H groups in total. The highest BCUT2D eigenvalue weighted by atomic mass is 19.1. The molecule has 11 heteroatoms. The van der Waals surface area contributed by atoms with Gasteiger partial charge in [0.1, 0.15) is 40.8 Å². The van der Waals surface area contributed by atoms with Crippen molar-refractivity contribution in [2.24, 2.45) is 0 Å². The fourth-order valence-corrected chi connectivity index (χ4v) is 4.68. The third-order valence-electron chi connectivity index (χ3n) is 6.54. The molecule has 0 saturated carbocycles. The molecule has 0 aliphatic carbocycles. The van der Waals surface area contributed by atoms with Gasteiger partial charge >= 0.3 is 0 Å². The van der Waals surface area contributed by atoms with E-state index in [0.717, 1.165) is 18.5 Å². The van der Waals surface area contributed by atoms with Crippen LogP contribution in [0.5, 0.6) is 5.88 Å². The zero-order valence-electron chi connectivity index (χ0n) is 19.7. The largest absolute Gasteiger partial charge is 0.470 e. The van der Waals surface area contributed by atoms with E-state index >= 15 is 0 Å². The van der Waals surface area contributed by atoms with E-state index in [0.29, 0.717) is 30.0 Å². The molecule has 3 aromatic heterocycles. The van der Waals surface area contributed by atoms with Gasteiger partial charge in [-0.2, -0.15) is 10.5 Å². The topological polar surface area (TPSA) is 108 Å². The lowest BCUT2D eigenvalue weighted by Crippen LogP contribution is -2.31. The summed E-state index contributed by atoms with van der Waals surface area (Å²) < 4.78 is 38.2. The molecule has 5 rings (SSSR count). The number of hydrogen-bond acceptors (Lipinski definition) is 7. The molecule has 1 atom stereocenters. The lowest BCUT2D eigenvalue weighted by atomic mass is 10.0. The van der Waals surface area contributed by atoms with Crippen LogP contribution in [0.15, 0.2) is 36.5 Å². The summed E-state index contributed by atoms with van der Waals surface area (Å²) in [5, 5.41) is 27.5. The lowest BCUT2D eigenvalue weighted by Gasteiger charge is -2.28. The van der Waals surface area contributed by atoms with Gasteiger partial charge in [0, 0.05) is 24.7 Å². The van der Waals surface area contributed by atoms with Crippen molar-refractivity contribution < 1.29 is 13.5 Å². The van der Waals surface area contributed by atoms with Crippen molar-refractivity contribution in [1.29, 1.82) is 10.5 Å². The van der Waals surface area contributed by atoms with Crippen LogP contribution >= 0.6 is 0 Å². The highest BCUT2D eigenvalue weighted by Gasteiger charge is 2.25. The maximum Gasteiger partial charge on any atom is 0.201 e. The van der Waals surface area contributed by atoms with E-state index in [1.807, 2.05) is 11.6 Å². The Hall–Kier alpha value is -4.51. The first kappa shape index (κ1) is 23.2. The van der Waals surface area contributed by atoms with Gasteiger partial charge in [0.05, 0.1) is 23.5 Å². The maximum atomic E-state index is 14.4. The number of nitriles is 2. The van der Waals surface area contributed by atoms with Crippen LogP contribution in [0.4, 0.5) is 8.78 Å². The number of rotatable bonds is 5. The van der Waals surface area contributed by atoms with E-state index in [-0.39, 0.29) is 23.2 Å². The average molecular weight is 489 g/mol. The fraction of sp³-hybridized carbons (Fsp3) is 0.320. The Morgan fingerprint density at radius 3 is 2.53 bits per heavy atom. The Kier molecular flexibility index (Phi) is 5.98. The number of benzene rings is 1. The van der Waals surface area contributed by atoms with Gasteiger partial charge in [0.25, 0.3) is 0 Å². The molecular weight excluding hydrogens is 466 g/mol. The molecule has 1 aromatic carbocycles. The van der Waals surface area contributed by atoms with Crippen LogP contribution in [-0.4, -0.2) is 42.4 Å². The molecule has 9 nitrogen and oxygen atoms in total. The van der Waals surface area contributed by atoms with Crippen molar-refractivity contribution in [1.82, 2.24) is 29.3 Å². The number of likely N-dealkylation sites (tertiary alicyclic amines) is 1. The maximum absolute atomic E-state index is 14.4. The zero-order chi connectivity index (χ0) is 25.4. The minimum absolute atomic E-state index is 0.121. The number of fused-ring (bicyclic) bond motifs is 1. The monoisotopic (exact) mass is 488 g/mol. The highest BCUT2D eigenvalue weighted by Crippen LogP contribution is 2.33. The van der Waals surface area contributed by atoms with Gasteiger partial charge in [-0.15, -0.1) is 5.10 Å². The summed E-state index contributed by atoms with van der Waals surface area (Å²) in [7, 11) is 0. The van der Waals surface area contributed by atoms with Crippen molar-refractivity contribution in [3.63, 3.8) is 0 Å². The number of pyridine rings is 1. The molecule has 1 aliphatic heterocycles. The molecule has 4 heterocycles. The van der Waals surface area contributed by atoms with Crippen LogP contribution in [-0.2, 0) is 0 Å². The van der Waals surface area contributed by atoms with Crippen LogP contribution < -0.4 is 4.74 Å². The van der Waals surface area contributed by atoms with Crippen molar-refractivity contribution in [3.05, 3.63) is 65.1 Å². The number of nitrogens with zero attached hydrogens (tertiary/aromatic N) is 8. The van der Waals surface area contributed by atoms with Gasteiger partial charge < -0.3 is 9.64 Å². The summed E-state index contributed by atoms with van der Waals surface area (Å²) in [4.78, 5) is 6.04. The Bertz CT molecular complexity index is 1500. The summed E-state index contributed by atoms with van der Waals surface area (Å²) >= 11 is 0. The number of ether oxygens (including phenoxy) is 1. The molecule has 0 bridgehead atoms.